The standard InChI is InChI=1S/C17H28N2O2/c1-5-10-18-12-15-11-14(4)8-9-16(15)21-13-17(20)19(6-2)7-3/h8-9,11,18H,5-7,10,12-13H2,1-4H3. The van der Waals surface area contributed by atoms with E-state index in [1.807, 2.05) is 26.0 Å². The Labute approximate surface area is 128 Å². The van der Waals surface area contributed by atoms with Gasteiger partial charge in [0, 0.05) is 25.2 Å². The lowest BCUT2D eigenvalue weighted by molar-refractivity contribution is -0.132. The summed E-state index contributed by atoms with van der Waals surface area (Å²) in [5.74, 6) is 0.831. The van der Waals surface area contributed by atoms with Crippen molar-refractivity contribution in [2.45, 2.75) is 40.7 Å². The lowest BCUT2D eigenvalue weighted by Gasteiger charge is -2.19. The van der Waals surface area contributed by atoms with Crippen LogP contribution in [0.4, 0.5) is 0 Å². The van der Waals surface area contributed by atoms with E-state index in [2.05, 4.69) is 25.2 Å². The minimum Gasteiger partial charge on any atom is -0.483 e. The number of nitrogens with zero attached hydrogens (tertiary/aromatic N) is 1. The topological polar surface area (TPSA) is 41.6 Å². The van der Waals surface area contributed by atoms with E-state index in [9.17, 15) is 4.79 Å². The molecule has 1 N–H and O–H groups in total. The fourth-order valence-corrected chi connectivity index (χ4v) is 2.19. The summed E-state index contributed by atoms with van der Waals surface area (Å²) in [6.45, 7) is 11.5. The van der Waals surface area contributed by atoms with E-state index in [1.54, 1.807) is 4.90 Å². The summed E-state index contributed by atoms with van der Waals surface area (Å²) in [5.41, 5.74) is 2.31. The Balaban J connectivity index is 2.66. The number of hydrogen-bond acceptors (Lipinski definition) is 3. The molecule has 0 saturated carbocycles. The van der Waals surface area contributed by atoms with E-state index in [-0.39, 0.29) is 12.5 Å². The molecule has 0 unspecified atom stereocenters. The minimum absolute atomic E-state index is 0.0352. The summed E-state index contributed by atoms with van der Waals surface area (Å²) in [4.78, 5) is 13.8. The summed E-state index contributed by atoms with van der Waals surface area (Å²) in [7, 11) is 0. The van der Waals surface area contributed by atoms with Crippen LogP contribution in [-0.2, 0) is 11.3 Å². The summed E-state index contributed by atoms with van der Waals surface area (Å²) in [6, 6.07) is 6.08. The second-order valence-electron chi connectivity index (χ2n) is 5.14. The second kappa shape index (κ2) is 9.40. The van der Waals surface area contributed by atoms with Gasteiger partial charge in [-0.2, -0.15) is 0 Å². The van der Waals surface area contributed by atoms with Crippen LogP contribution in [0, 0.1) is 6.92 Å². The number of carbonyl (C=O) groups excluding carboxylic acids is 1. The number of aryl methyl sites for hydroxylation is 1. The number of nitrogens with one attached hydrogen (secondary N) is 1. The maximum atomic E-state index is 12.0. The fourth-order valence-electron chi connectivity index (χ4n) is 2.19. The first kappa shape index (κ1) is 17.5. The van der Waals surface area contributed by atoms with Gasteiger partial charge in [-0.1, -0.05) is 24.6 Å². The number of ether oxygens (including phenoxy) is 1. The van der Waals surface area contributed by atoms with Gasteiger partial charge in [0.25, 0.3) is 5.91 Å². The van der Waals surface area contributed by atoms with Crippen LogP contribution in [0.1, 0.15) is 38.3 Å². The first-order valence-electron chi connectivity index (χ1n) is 7.83. The second-order valence-corrected chi connectivity index (χ2v) is 5.14. The highest BCUT2D eigenvalue weighted by atomic mass is 16.5. The average Bonchev–Trinajstić information content (AvgIpc) is 2.48. The number of hydrogen-bond donors (Lipinski definition) is 1. The first-order valence-corrected chi connectivity index (χ1v) is 7.83. The van der Waals surface area contributed by atoms with E-state index >= 15 is 0 Å². The lowest BCUT2D eigenvalue weighted by atomic mass is 10.1. The van der Waals surface area contributed by atoms with Crippen molar-refractivity contribution in [2.24, 2.45) is 0 Å². The maximum Gasteiger partial charge on any atom is 0.260 e. The Morgan fingerprint density at radius 2 is 1.95 bits per heavy atom. The number of benzene rings is 1. The molecule has 0 bridgehead atoms. The highest BCUT2D eigenvalue weighted by Gasteiger charge is 2.11. The van der Waals surface area contributed by atoms with Gasteiger partial charge in [-0.15, -0.1) is 0 Å². The molecule has 0 spiro atoms. The molecule has 1 aromatic rings. The molecule has 4 heteroatoms. The molecule has 4 nitrogen and oxygen atoms in total. The van der Waals surface area contributed by atoms with Gasteiger partial charge in [-0.25, -0.2) is 0 Å². The van der Waals surface area contributed by atoms with Crippen LogP contribution >= 0.6 is 0 Å². The monoisotopic (exact) mass is 292 g/mol. The summed E-state index contributed by atoms with van der Waals surface area (Å²) in [5, 5.41) is 3.38. The molecule has 0 aromatic heterocycles. The van der Waals surface area contributed by atoms with Gasteiger partial charge in [0.2, 0.25) is 0 Å². The van der Waals surface area contributed by atoms with E-state index < -0.39 is 0 Å². The number of rotatable bonds is 9. The van der Waals surface area contributed by atoms with Crippen LogP contribution in [0.15, 0.2) is 18.2 Å². The third kappa shape index (κ3) is 5.76. The van der Waals surface area contributed by atoms with Crippen molar-refractivity contribution in [3.63, 3.8) is 0 Å². The van der Waals surface area contributed by atoms with Gasteiger partial charge in [0.1, 0.15) is 5.75 Å². The van der Waals surface area contributed by atoms with Crippen molar-refractivity contribution in [2.75, 3.05) is 26.2 Å². The Kier molecular flexibility index (Phi) is 7.83. The zero-order valence-electron chi connectivity index (χ0n) is 13.7. The molecule has 21 heavy (non-hydrogen) atoms. The molecule has 0 fully saturated rings. The molecule has 118 valence electrons. The van der Waals surface area contributed by atoms with Gasteiger partial charge >= 0.3 is 0 Å². The van der Waals surface area contributed by atoms with Gasteiger partial charge in [0.05, 0.1) is 0 Å². The van der Waals surface area contributed by atoms with Crippen LogP contribution in [0.5, 0.6) is 5.75 Å². The van der Waals surface area contributed by atoms with Crippen molar-refractivity contribution in [3.8, 4) is 5.75 Å². The van der Waals surface area contributed by atoms with Crippen LogP contribution in [0.3, 0.4) is 0 Å². The molecule has 0 saturated heterocycles. The molecule has 0 atom stereocenters. The zero-order valence-corrected chi connectivity index (χ0v) is 13.7. The van der Waals surface area contributed by atoms with E-state index in [0.29, 0.717) is 0 Å². The van der Waals surface area contributed by atoms with Crippen LogP contribution in [0.25, 0.3) is 0 Å². The number of likely N-dealkylation sites (N-methyl/N-ethyl adjacent to an activating group) is 1. The van der Waals surface area contributed by atoms with Crippen molar-refractivity contribution < 1.29 is 9.53 Å². The van der Waals surface area contributed by atoms with Crippen molar-refractivity contribution >= 4 is 5.91 Å². The maximum absolute atomic E-state index is 12.0. The third-order valence-electron chi connectivity index (χ3n) is 3.43. The Hall–Kier alpha value is -1.55. The van der Waals surface area contributed by atoms with Crippen molar-refractivity contribution in [1.29, 1.82) is 0 Å². The summed E-state index contributed by atoms with van der Waals surface area (Å²) >= 11 is 0. The van der Waals surface area contributed by atoms with Gasteiger partial charge in [-0.3, -0.25) is 4.79 Å². The number of carbonyl (C=O) groups is 1. The average molecular weight is 292 g/mol. The quantitative estimate of drug-likeness (QED) is 0.712. The minimum atomic E-state index is 0.0352. The Morgan fingerprint density at radius 1 is 1.24 bits per heavy atom. The Bertz CT molecular complexity index is 442. The molecule has 1 aromatic carbocycles. The summed E-state index contributed by atoms with van der Waals surface area (Å²) < 4.78 is 5.74. The SMILES string of the molecule is CCCNCc1cc(C)ccc1OCC(=O)N(CC)CC. The van der Waals surface area contributed by atoms with Crippen molar-refractivity contribution in [1.82, 2.24) is 10.2 Å². The molecular formula is C17H28N2O2. The van der Waals surface area contributed by atoms with E-state index in [4.69, 9.17) is 4.74 Å². The highest BCUT2D eigenvalue weighted by molar-refractivity contribution is 5.77. The molecule has 1 rings (SSSR count). The van der Waals surface area contributed by atoms with Gasteiger partial charge in [-0.05, 0) is 39.8 Å². The molecule has 0 heterocycles. The molecule has 0 radical (unpaired) electrons. The van der Waals surface area contributed by atoms with Crippen LogP contribution < -0.4 is 10.1 Å². The predicted octanol–water partition coefficient (Wildman–Crippen LogP) is 2.74. The molecule has 0 aliphatic heterocycles. The normalized spacial score (nSPS) is 10.5. The molecule has 1 amide bonds. The van der Waals surface area contributed by atoms with E-state index in [0.717, 1.165) is 43.9 Å². The van der Waals surface area contributed by atoms with E-state index in [1.165, 1.54) is 5.56 Å². The lowest BCUT2D eigenvalue weighted by Crippen LogP contribution is -2.34. The molecular weight excluding hydrogens is 264 g/mol. The van der Waals surface area contributed by atoms with Crippen LogP contribution in [0.2, 0.25) is 0 Å². The third-order valence-corrected chi connectivity index (χ3v) is 3.43. The Morgan fingerprint density at radius 3 is 2.57 bits per heavy atom. The number of amides is 1. The van der Waals surface area contributed by atoms with Crippen LogP contribution in [-0.4, -0.2) is 37.0 Å². The highest BCUT2D eigenvalue weighted by Crippen LogP contribution is 2.20. The van der Waals surface area contributed by atoms with Crippen molar-refractivity contribution in [3.05, 3.63) is 29.3 Å². The predicted molar refractivity (Wildman–Crippen MR) is 86.6 cm³/mol. The fraction of sp³-hybridized carbons (Fsp3) is 0.588. The van der Waals surface area contributed by atoms with Gasteiger partial charge in [0.15, 0.2) is 6.61 Å². The zero-order chi connectivity index (χ0) is 15.7. The smallest absolute Gasteiger partial charge is 0.260 e. The largest absolute Gasteiger partial charge is 0.483 e. The first-order chi connectivity index (χ1) is 10.1. The molecule has 0 aliphatic rings. The van der Waals surface area contributed by atoms with Gasteiger partial charge < -0.3 is 15.0 Å². The summed E-state index contributed by atoms with van der Waals surface area (Å²) in [6.07, 6.45) is 1.10. The molecule has 0 aliphatic carbocycles.